The van der Waals surface area contributed by atoms with Crippen molar-refractivity contribution in [1.29, 1.82) is 0 Å². The number of halogens is 1. The van der Waals surface area contributed by atoms with Gasteiger partial charge in [-0.1, -0.05) is 31.5 Å². The van der Waals surface area contributed by atoms with Crippen LogP contribution in [0.15, 0.2) is 18.2 Å². The number of benzene rings is 1. The summed E-state index contributed by atoms with van der Waals surface area (Å²) in [7, 11) is 0. The van der Waals surface area contributed by atoms with E-state index in [2.05, 4.69) is 4.84 Å². The van der Waals surface area contributed by atoms with Crippen molar-refractivity contribution in [1.82, 2.24) is 0 Å². The maximum atomic E-state index is 9.25. The Morgan fingerprint density at radius 2 is 2.14 bits per heavy atom. The Morgan fingerprint density at radius 1 is 1.50 bits per heavy atom. The highest BCUT2D eigenvalue weighted by molar-refractivity contribution is 6.32. The predicted octanol–water partition coefficient (Wildman–Crippen LogP) is 2.21. The van der Waals surface area contributed by atoms with E-state index in [1.807, 2.05) is 13.8 Å². The van der Waals surface area contributed by atoms with Crippen LogP contribution >= 0.6 is 11.6 Å². The monoisotopic (exact) mass is 215 g/mol. The second kappa shape index (κ2) is 4.17. The van der Waals surface area contributed by atoms with Crippen LogP contribution in [0.4, 0.5) is 0 Å². The van der Waals surface area contributed by atoms with Crippen molar-refractivity contribution in [3.8, 4) is 5.75 Å². The second-order valence-corrected chi connectivity index (χ2v) is 4.27. The topological polar surface area (TPSA) is 55.5 Å². The van der Waals surface area contributed by atoms with E-state index < -0.39 is 0 Å². The van der Waals surface area contributed by atoms with Crippen LogP contribution in [-0.2, 0) is 10.3 Å². The summed E-state index contributed by atoms with van der Waals surface area (Å²) in [5, 5.41) is 9.59. The van der Waals surface area contributed by atoms with E-state index in [0.29, 0.717) is 11.6 Å². The fourth-order valence-electron chi connectivity index (χ4n) is 1.22. The third kappa shape index (κ3) is 2.38. The van der Waals surface area contributed by atoms with Gasteiger partial charge in [0, 0.05) is 5.41 Å². The van der Waals surface area contributed by atoms with Crippen molar-refractivity contribution in [2.24, 2.45) is 5.90 Å². The standard InChI is InChI=1S/C10H14ClNO2/c1-10(2,6-14-12)7-3-4-9(13)8(11)5-7/h3-5,13H,6,12H2,1-2H3. The van der Waals surface area contributed by atoms with Crippen LogP contribution in [0.25, 0.3) is 0 Å². The van der Waals surface area contributed by atoms with Gasteiger partial charge in [-0.05, 0) is 17.7 Å². The first-order chi connectivity index (χ1) is 6.47. The van der Waals surface area contributed by atoms with Gasteiger partial charge in [0.1, 0.15) is 5.75 Å². The van der Waals surface area contributed by atoms with Crippen molar-refractivity contribution in [2.45, 2.75) is 19.3 Å². The molecule has 0 saturated heterocycles. The lowest BCUT2D eigenvalue weighted by atomic mass is 9.86. The Balaban J connectivity index is 3.01. The number of aromatic hydroxyl groups is 1. The quantitative estimate of drug-likeness (QED) is 0.761. The molecule has 0 spiro atoms. The molecule has 0 bridgehead atoms. The van der Waals surface area contributed by atoms with Crippen LogP contribution in [0.5, 0.6) is 5.75 Å². The molecule has 0 aliphatic heterocycles. The Kier molecular flexibility index (Phi) is 3.37. The van der Waals surface area contributed by atoms with E-state index in [1.165, 1.54) is 0 Å². The summed E-state index contributed by atoms with van der Waals surface area (Å²) in [5.74, 6) is 5.12. The maximum absolute atomic E-state index is 9.25. The number of hydrogen-bond donors (Lipinski definition) is 2. The fourth-order valence-corrected chi connectivity index (χ4v) is 1.40. The SMILES string of the molecule is CC(C)(CON)c1ccc(O)c(Cl)c1. The van der Waals surface area contributed by atoms with E-state index in [1.54, 1.807) is 18.2 Å². The molecule has 0 unspecified atom stereocenters. The molecule has 0 aromatic heterocycles. The molecule has 1 aromatic rings. The number of rotatable bonds is 3. The highest BCUT2D eigenvalue weighted by atomic mass is 35.5. The smallest absolute Gasteiger partial charge is 0.134 e. The lowest BCUT2D eigenvalue weighted by Crippen LogP contribution is -2.26. The first kappa shape index (κ1) is 11.3. The van der Waals surface area contributed by atoms with Crippen LogP contribution < -0.4 is 5.90 Å². The maximum Gasteiger partial charge on any atom is 0.134 e. The van der Waals surface area contributed by atoms with Crippen LogP contribution in [0.2, 0.25) is 5.02 Å². The molecule has 3 N–H and O–H groups in total. The number of hydrogen-bond acceptors (Lipinski definition) is 3. The normalized spacial score (nSPS) is 11.7. The summed E-state index contributed by atoms with van der Waals surface area (Å²) in [4.78, 5) is 4.63. The molecule has 1 rings (SSSR count). The Hall–Kier alpha value is -0.770. The van der Waals surface area contributed by atoms with Gasteiger partial charge in [-0.25, -0.2) is 5.90 Å². The Bertz CT molecular complexity index is 326. The van der Waals surface area contributed by atoms with E-state index in [4.69, 9.17) is 17.5 Å². The number of nitrogens with two attached hydrogens (primary N) is 1. The van der Waals surface area contributed by atoms with E-state index in [-0.39, 0.29) is 11.2 Å². The molecule has 3 nitrogen and oxygen atoms in total. The van der Waals surface area contributed by atoms with Gasteiger partial charge < -0.3 is 9.94 Å². The van der Waals surface area contributed by atoms with Gasteiger partial charge in [-0.15, -0.1) is 0 Å². The van der Waals surface area contributed by atoms with Crippen molar-refractivity contribution in [3.63, 3.8) is 0 Å². The van der Waals surface area contributed by atoms with Crippen molar-refractivity contribution in [2.75, 3.05) is 6.61 Å². The van der Waals surface area contributed by atoms with Gasteiger partial charge in [0.2, 0.25) is 0 Å². The molecule has 0 atom stereocenters. The highest BCUT2D eigenvalue weighted by Gasteiger charge is 2.21. The Labute approximate surface area is 88.4 Å². The molecule has 0 fully saturated rings. The van der Waals surface area contributed by atoms with E-state index in [9.17, 15) is 5.11 Å². The molecule has 0 heterocycles. The average molecular weight is 216 g/mol. The zero-order valence-corrected chi connectivity index (χ0v) is 9.01. The summed E-state index contributed by atoms with van der Waals surface area (Å²) in [6.45, 7) is 4.37. The summed E-state index contributed by atoms with van der Waals surface area (Å²) < 4.78 is 0. The van der Waals surface area contributed by atoms with Gasteiger partial charge >= 0.3 is 0 Å². The zero-order valence-electron chi connectivity index (χ0n) is 8.25. The lowest BCUT2D eigenvalue weighted by Gasteiger charge is -2.23. The van der Waals surface area contributed by atoms with Crippen LogP contribution in [0.3, 0.4) is 0 Å². The van der Waals surface area contributed by atoms with Gasteiger partial charge in [0.25, 0.3) is 0 Å². The lowest BCUT2D eigenvalue weighted by molar-refractivity contribution is 0.0964. The summed E-state index contributed by atoms with van der Waals surface area (Å²) in [6.07, 6.45) is 0. The molecular formula is C10H14ClNO2. The average Bonchev–Trinajstić information content (AvgIpc) is 2.09. The predicted molar refractivity (Wildman–Crippen MR) is 56.3 cm³/mol. The largest absolute Gasteiger partial charge is 0.506 e. The second-order valence-electron chi connectivity index (χ2n) is 3.86. The molecule has 0 radical (unpaired) electrons. The fraction of sp³-hybridized carbons (Fsp3) is 0.400. The van der Waals surface area contributed by atoms with Crippen molar-refractivity contribution >= 4 is 11.6 Å². The van der Waals surface area contributed by atoms with Gasteiger partial charge in [0.05, 0.1) is 11.6 Å². The van der Waals surface area contributed by atoms with Gasteiger partial charge in [-0.2, -0.15) is 0 Å². The molecule has 78 valence electrons. The minimum absolute atomic E-state index is 0.0832. The molecule has 4 heteroatoms. The first-order valence-corrected chi connectivity index (χ1v) is 4.66. The molecule has 0 aliphatic carbocycles. The molecular weight excluding hydrogens is 202 g/mol. The molecule has 1 aromatic carbocycles. The number of phenols is 1. The van der Waals surface area contributed by atoms with Crippen LogP contribution in [0.1, 0.15) is 19.4 Å². The highest BCUT2D eigenvalue weighted by Crippen LogP contribution is 2.30. The molecule has 0 amide bonds. The molecule has 0 saturated carbocycles. The summed E-state index contributed by atoms with van der Waals surface area (Å²) in [6, 6.07) is 5.09. The summed E-state index contributed by atoms with van der Waals surface area (Å²) >= 11 is 5.80. The van der Waals surface area contributed by atoms with Crippen LogP contribution in [-0.4, -0.2) is 11.7 Å². The zero-order chi connectivity index (χ0) is 10.8. The van der Waals surface area contributed by atoms with Gasteiger partial charge in [-0.3, -0.25) is 0 Å². The Morgan fingerprint density at radius 3 is 2.64 bits per heavy atom. The third-order valence-electron chi connectivity index (χ3n) is 2.17. The van der Waals surface area contributed by atoms with E-state index in [0.717, 1.165) is 5.56 Å². The number of phenolic OH excluding ortho intramolecular Hbond substituents is 1. The van der Waals surface area contributed by atoms with Crippen molar-refractivity contribution < 1.29 is 9.94 Å². The van der Waals surface area contributed by atoms with Crippen molar-refractivity contribution in [3.05, 3.63) is 28.8 Å². The minimum Gasteiger partial charge on any atom is -0.506 e. The summed E-state index contributed by atoms with van der Waals surface area (Å²) in [5.41, 5.74) is 0.761. The third-order valence-corrected chi connectivity index (χ3v) is 2.48. The van der Waals surface area contributed by atoms with Crippen LogP contribution in [0, 0.1) is 0 Å². The first-order valence-electron chi connectivity index (χ1n) is 4.28. The van der Waals surface area contributed by atoms with Gasteiger partial charge in [0.15, 0.2) is 0 Å². The minimum atomic E-state index is -0.216. The van der Waals surface area contributed by atoms with E-state index >= 15 is 0 Å². The molecule has 0 aliphatic rings. The molecule has 14 heavy (non-hydrogen) atoms.